The average molecular weight is 403 g/mol. The van der Waals surface area contributed by atoms with Crippen molar-refractivity contribution >= 4 is 38.1 Å². The van der Waals surface area contributed by atoms with Crippen LogP contribution in [0.4, 0.5) is 5.69 Å². The van der Waals surface area contributed by atoms with Crippen molar-refractivity contribution in [3.63, 3.8) is 0 Å². The Morgan fingerprint density at radius 1 is 1.15 bits per heavy atom. The summed E-state index contributed by atoms with van der Waals surface area (Å²) in [7, 11) is -2.01. The molecule has 2 rings (SSSR count). The Hall–Kier alpha value is -1.28. The van der Waals surface area contributed by atoms with E-state index in [2.05, 4.69) is 22.6 Å². The highest BCUT2D eigenvalue weighted by atomic mass is 127. The monoisotopic (exact) mass is 403 g/mol. The van der Waals surface area contributed by atoms with Crippen molar-refractivity contribution in [2.45, 2.75) is 10.6 Å². The zero-order valence-corrected chi connectivity index (χ0v) is 13.8. The predicted molar refractivity (Wildman–Crippen MR) is 87.5 cm³/mol. The molecular formula is C14H14INO3S. The first kappa shape index (κ1) is 15.1. The van der Waals surface area contributed by atoms with Crippen LogP contribution in [0.1, 0.15) is 5.56 Å². The van der Waals surface area contributed by atoms with Gasteiger partial charge in [-0.25, -0.2) is 8.42 Å². The Kier molecular flexibility index (Phi) is 4.54. The fraction of sp³-hybridized carbons (Fsp3) is 0.143. The molecule has 2 aromatic carbocycles. The first-order chi connectivity index (χ1) is 9.42. The number of benzene rings is 2. The van der Waals surface area contributed by atoms with Crippen molar-refractivity contribution in [2.24, 2.45) is 0 Å². The maximum atomic E-state index is 12.4. The van der Waals surface area contributed by atoms with E-state index in [4.69, 9.17) is 10.5 Å². The molecule has 0 bridgehead atoms. The van der Waals surface area contributed by atoms with Crippen LogP contribution in [0.25, 0.3) is 0 Å². The lowest BCUT2D eigenvalue weighted by Gasteiger charge is -2.09. The number of hydrogen-bond acceptors (Lipinski definition) is 4. The molecule has 0 fully saturated rings. The normalized spacial score (nSPS) is 11.3. The van der Waals surface area contributed by atoms with Crippen LogP contribution in [-0.4, -0.2) is 15.5 Å². The minimum absolute atomic E-state index is 0.0821. The van der Waals surface area contributed by atoms with Crippen molar-refractivity contribution in [1.29, 1.82) is 0 Å². The molecule has 0 atom stereocenters. The molecule has 0 aliphatic carbocycles. The highest BCUT2D eigenvalue weighted by molar-refractivity contribution is 14.1. The predicted octanol–water partition coefficient (Wildman–Crippen LogP) is 2.86. The second-order valence-corrected chi connectivity index (χ2v) is 7.49. The third-order valence-electron chi connectivity index (χ3n) is 2.83. The second-order valence-electron chi connectivity index (χ2n) is 4.29. The number of ether oxygens (including phenoxy) is 1. The first-order valence-corrected chi connectivity index (χ1v) is 8.56. The molecule has 0 spiro atoms. The van der Waals surface area contributed by atoms with Gasteiger partial charge in [0.15, 0.2) is 9.84 Å². The van der Waals surface area contributed by atoms with Crippen molar-refractivity contribution < 1.29 is 13.2 Å². The third kappa shape index (κ3) is 3.43. The minimum Gasteiger partial charge on any atom is -0.497 e. The summed E-state index contributed by atoms with van der Waals surface area (Å²) in [5.41, 5.74) is 6.73. The number of nitrogen functional groups attached to an aromatic ring is 1. The van der Waals surface area contributed by atoms with Gasteiger partial charge in [0.2, 0.25) is 0 Å². The molecule has 0 unspecified atom stereocenters. The average Bonchev–Trinajstić information content (AvgIpc) is 2.41. The van der Waals surface area contributed by atoms with Crippen LogP contribution in [0.2, 0.25) is 0 Å². The van der Waals surface area contributed by atoms with Crippen LogP contribution in [0, 0.1) is 3.57 Å². The minimum atomic E-state index is -3.50. The van der Waals surface area contributed by atoms with E-state index in [-0.39, 0.29) is 16.3 Å². The van der Waals surface area contributed by atoms with Gasteiger partial charge < -0.3 is 10.5 Å². The van der Waals surface area contributed by atoms with Gasteiger partial charge in [-0.1, -0.05) is 12.1 Å². The highest BCUT2D eigenvalue weighted by Crippen LogP contribution is 2.27. The Labute approximate surface area is 132 Å². The van der Waals surface area contributed by atoms with Gasteiger partial charge in [0.1, 0.15) is 5.75 Å². The Balaban J connectivity index is 2.37. The number of hydrogen-bond donors (Lipinski definition) is 1. The summed E-state index contributed by atoms with van der Waals surface area (Å²) >= 11 is 2.17. The third-order valence-corrected chi connectivity index (χ3v) is 5.28. The zero-order valence-electron chi connectivity index (χ0n) is 10.8. The molecule has 0 saturated carbocycles. The number of methoxy groups -OCH3 is 1. The van der Waals surface area contributed by atoms with E-state index >= 15 is 0 Å². The van der Waals surface area contributed by atoms with Crippen LogP contribution >= 0.6 is 22.6 Å². The maximum absolute atomic E-state index is 12.4. The highest BCUT2D eigenvalue weighted by Gasteiger charge is 2.19. The fourth-order valence-corrected chi connectivity index (χ4v) is 3.66. The number of halogens is 1. The van der Waals surface area contributed by atoms with Crippen LogP contribution < -0.4 is 10.5 Å². The SMILES string of the molecule is COc1ccc(N)c(S(=O)(=O)Cc2ccc(I)cc2)c1. The quantitative estimate of drug-likeness (QED) is 0.630. The van der Waals surface area contributed by atoms with Gasteiger partial charge >= 0.3 is 0 Å². The molecule has 2 N–H and O–H groups in total. The summed E-state index contributed by atoms with van der Waals surface area (Å²) in [4.78, 5) is 0.107. The summed E-state index contributed by atoms with van der Waals surface area (Å²) in [6, 6.07) is 12.0. The summed E-state index contributed by atoms with van der Waals surface area (Å²) in [5, 5.41) is 0. The van der Waals surface area contributed by atoms with E-state index in [1.807, 2.05) is 12.1 Å². The smallest absolute Gasteiger partial charge is 0.184 e. The van der Waals surface area contributed by atoms with Crippen LogP contribution in [0.3, 0.4) is 0 Å². The summed E-state index contributed by atoms with van der Waals surface area (Å²) in [5.74, 6) is 0.391. The Morgan fingerprint density at radius 3 is 2.40 bits per heavy atom. The number of anilines is 1. The van der Waals surface area contributed by atoms with Gasteiger partial charge in [-0.2, -0.15) is 0 Å². The fourth-order valence-electron chi connectivity index (χ4n) is 1.79. The molecule has 4 nitrogen and oxygen atoms in total. The zero-order chi connectivity index (χ0) is 14.8. The van der Waals surface area contributed by atoms with E-state index in [1.165, 1.54) is 13.2 Å². The van der Waals surface area contributed by atoms with Crippen LogP contribution in [0.15, 0.2) is 47.4 Å². The van der Waals surface area contributed by atoms with Gasteiger partial charge in [0.05, 0.1) is 23.4 Å². The lowest BCUT2D eigenvalue weighted by Crippen LogP contribution is -2.08. The van der Waals surface area contributed by atoms with Crippen LogP contribution in [-0.2, 0) is 15.6 Å². The van der Waals surface area contributed by atoms with Gasteiger partial charge in [-0.3, -0.25) is 0 Å². The molecule has 0 aliphatic rings. The number of sulfone groups is 1. The van der Waals surface area contributed by atoms with E-state index in [1.54, 1.807) is 24.3 Å². The largest absolute Gasteiger partial charge is 0.497 e. The summed E-state index contributed by atoms with van der Waals surface area (Å²) in [6.07, 6.45) is 0. The van der Waals surface area contributed by atoms with Gasteiger partial charge in [0, 0.05) is 9.64 Å². The molecule has 6 heteroatoms. The summed E-state index contributed by atoms with van der Waals surface area (Å²) in [6.45, 7) is 0. The lowest BCUT2D eigenvalue weighted by atomic mass is 10.2. The maximum Gasteiger partial charge on any atom is 0.184 e. The molecule has 106 valence electrons. The second kappa shape index (κ2) is 6.01. The molecule has 0 aliphatic heterocycles. The van der Waals surface area contributed by atoms with Crippen molar-refractivity contribution in [1.82, 2.24) is 0 Å². The molecular weight excluding hydrogens is 389 g/mol. The van der Waals surface area contributed by atoms with Crippen molar-refractivity contribution in [3.8, 4) is 5.75 Å². The molecule has 0 heterocycles. The Bertz CT molecular complexity index is 712. The van der Waals surface area contributed by atoms with E-state index in [9.17, 15) is 8.42 Å². The van der Waals surface area contributed by atoms with Crippen LogP contribution in [0.5, 0.6) is 5.75 Å². The Morgan fingerprint density at radius 2 is 1.80 bits per heavy atom. The number of nitrogens with two attached hydrogens (primary N) is 1. The molecule has 0 saturated heterocycles. The van der Waals surface area contributed by atoms with Gasteiger partial charge in [-0.15, -0.1) is 0 Å². The van der Waals surface area contributed by atoms with Crippen molar-refractivity contribution in [2.75, 3.05) is 12.8 Å². The van der Waals surface area contributed by atoms with Crippen molar-refractivity contribution in [3.05, 3.63) is 51.6 Å². The van der Waals surface area contributed by atoms with E-state index in [0.717, 1.165) is 9.13 Å². The van der Waals surface area contributed by atoms with Gasteiger partial charge in [0.25, 0.3) is 0 Å². The molecule has 0 aromatic heterocycles. The first-order valence-electron chi connectivity index (χ1n) is 5.83. The molecule has 2 aromatic rings. The number of rotatable bonds is 4. The molecule has 0 radical (unpaired) electrons. The van der Waals surface area contributed by atoms with E-state index < -0.39 is 9.84 Å². The van der Waals surface area contributed by atoms with E-state index in [0.29, 0.717) is 5.75 Å². The molecule has 20 heavy (non-hydrogen) atoms. The topological polar surface area (TPSA) is 69.4 Å². The van der Waals surface area contributed by atoms with Gasteiger partial charge in [-0.05, 0) is 52.4 Å². The lowest BCUT2D eigenvalue weighted by molar-refractivity contribution is 0.413. The summed E-state index contributed by atoms with van der Waals surface area (Å²) < 4.78 is 31.0. The molecule has 0 amide bonds. The standard InChI is InChI=1S/C14H14INO3S/c1-19-12-6-7-13(16)14(8-12)20(17,18)9-10-2-4-11(15)5-3-10/h2-8H,9,16H2,1H3.